The summed E-state index contributed by atoms with van der Waals surface area (Å²) in [7, 11) is 1.77. The third-order valence-corrected chi connectivity index (χ3v) is 8.07. The first-order valence-electron chi connectivity index (χ1n) is 15.3. The smallest absolute Gasteiger partial charge is 0.335 e. The summed E-state index contributed by atoms with van der Waals surface area (Å²) in [6.45, 7) is 0.770. The highest BCUT2D eigenvalue weighted by Crippen LogP contribution is 2.29. The highest BCUT2D eigenvalue weighted by molar-refractivity contribution is 5.92. The highest BCUT2D eigenvalue weighted by atomic mass is 19.1. The first-order valence-corrected chi connectivity index (χ1v) is 15.3. The van der Waals surface area contributed by atoms with Crippen molar-refractivity contribution in [3.8, 4) is 29.0 Å². The number of hydrogen-bond acceptors (Lipinski definition) is 7. The molecule has 1 aliphatic rings. The predicted molar refractivity (Wildman–Crippen MR) is 171 cm³/mol. The lowest BCUT2D eigenvalue weighted by molar-refractivity contribution is -0.0589. The number of halogens is 3. The number of rotatable bonds is 9. The number of imidazole rings is 1. The standard InChI is InChI=1S/C36H27F3N6O4/c1-44-18-22(17-41-44)6-5-21-11-29(39)32(40-16-21)20-49-35-4-2-3-30(43-35)26-15-27(37)24(12-28(26)38)14-34-42-31-8-7-23(36(46)47)13-33(31)45(34)19-25-9-10-48-25/h2-4,7-8,11-13,15-18,25H,9-10,14,19-20H2,1H3,(H,46,47). The fourth-order valence-corrected chi connectivity index (χ4v) is 5.43. The highest BCUT2D eigenvalue weighted by Gasteiger charge is 2.24. The fourth-order valence-electron chi connectivity index (χ4n) is 5.43. The number of aryl methyl sites for hydroxylation is 1. The lowest BCUT2D eigenvalue weighted by Crippen LogP contribution is -2.31. The first-order chi connectivity index (χ1) is 23.7. The van der Waals surface area contributed by atoms with Gasteiger partial charge in [-0.15, -0.1) is 0 Å². The van der Waals surface area contributed by atoms with E-state index in [2.05, 4.69) is 31.9 Å². The van der Waals surface area contributed by atoms with Crippen LogP contribution in [0.2, 0.25) is 0 Å². The molecule has 1 N–H and O–H groups in total. The van der Waals surface area contributed by atoms with E-state index in [0.717, 1.165) is 18.6 Å². The molecule has 0 amide bonds. The number of benzene rings is 2. The van der Waals surface area contributed by atoms with Crippen LogP contribution in [0.3, 0.4) is 0 Å². The van der Waals surface area contributed by atoms with Crippen LogP contribution >= 0.6 is 0 Å². The second kappa shape index (κ2) is 13.2. The Labute approximate surface area is 277 Å². The van der Waals surface area contributed by atoms with Crippen molar-refractivity contribution >= 4 is 17.0 Å². The van der Waals surface area contributed by atoms with Crippen LogP contribution in [0.15, 0.2) is 73.2 Å². The van der Waals surface area contributed by atoms with E-state index in [1.807, 2.05) is 0 Å². The van der Waals surface area contributed by atoms with Gasteiger partial charge in [0, 0.05) is 49.7 Å². The van der Waals surface area contributed by atoms with Crippen LogP contribution < -0.4 is 4.74 Å². The van der Waals surface area contributed by atoms with Gasteiger partial charge < -0.3 is 19.1 Å². The van der Waals surface area contributed by atoms with Crippen LogP contribution in [0, 0.1) is 29.3 Å². The Morgan fingerprint density at radius 1 is 1.02 bits per heavy atom. The molecule has 5 heterocycles. The Balaban J connectivity index is 1.08. The van der Waals surface area contributed by atoms with E-state index in [0.29, 0.717) is 41.1 Å². The Morgan fingerprint density at radius 3 is 2.59 bits per heavy atom. The summed E-state index contributed by atoms with van der Waals surface area (Å²) in [6, 6.07) is 12.6. The van der Waals surface area contributed by atoms with E-state index in [1.165, 1.54) is 36.5 Å². The number of fused-ring (bicyclic) bond motifs is 1. The van der Waals surface area contributed by atoms with Crippen molar-refractivity contribution in [1.29, 1.82) is 0 Å². The number of pyridine rings is 2. The van der Waals surface area contributed by atoms with Crippen LogP contribution in [0.4, 0.5) is 13.2 Å². The zero-order valence-electron chi connectivity index (χ0n) is 26.0. The van der Waals surface area contributed by atoms with Gasteiger partial charge in [-0.25, -0.2) is 27.9 Å². The number of nitrogens with zero attached hydrogens (tertiary/aromatic N) is 6. The minimum Gasteiger partial charge on any atom is -0.478 e. The molecule has 1 saturated heterocycles. The van der Waals surface area contributed by atoms with E-state index in [-0.39, 0.29) is 53.1 Å². The van der Waals surface area contributed by atoms with Crippen molar-refractivity contribution < 1.29 is 32.5 Å². The number of carboxylic acids is 1. The summed E-state index contributed by atoms with van der Waals surface area (Å²) >= 11 is 0. The number of carbonyl (C=O) groups is 1. The van der Waals surface area contributed by atoms with Crippen LogP contribution in [0.1, 0.15) is 45.0 Å². The quantitative estimate of drug-likeness (QED) is 0.196. The predicted octanol–water partition coefficient (Wildman–Crippen LogP) is 5.70. The van der Waals surface area contributed by atoms with Gasteiger partial charge in [0.25, 0.3) is 0 Å². The maximum atomic E-state index is 15.6. The monoisotopic (exact) mass is 664 g/mol. The number of ether oxygens (including phenoxy) is 2. The van der Waals surface area contributed by atoms with E-state index >= 15 is 8.78 Å². The van der Waals surface area contributed by atoms with Gasteiger partial charge in [-0.2, -0.15) is 5.10 Å². The summed E-state index contributed by atoms with van der Waals surface area (Å²) in [5, 5.41) is 13.5. The van der Waals surface area contributed by atoms with Crippen LogP contribution in [-0.4, -0.2) is 53.1 Å². The molecule has 1 atom stereocenters. The Kier molecular flexibility index (Phi) is 8.54. The molecule has 0 saturated carbocycles. The zero-order chi connectivity index (χ0) is 34.1. The Bertz CT molecular complexity index is 2290. The van der Waals surface area contributed by atoms with E-state index in [4.69, 9.17) is 9.47 Å². The van der Waals surface area contributed by atoms with Crippen LogP contribution in [0.5, 0.6) is 5.88 Å². The second-order valence-corrected chi connectivity index (χ2v) is 11.5. The number of carboxylic acid groups (broad SMARTS) is 1. The van der Waals surface area contributed by atoms with Crippen LogP contribution in [-0.2, 0) is 31.4 Å². The molecule has 246 valence electrons. The first kappa shape index (κ1) is 31.6. The molecule has 13 heteroatoms. The van der Waals surface area contributed by atoms with Crippen molar-refractivity contribution in [2.45, 2.75) is 32.1 Å². The summed E-state index contributed by atoms with van der Waals surface area (Å²) in [5.74, 6) is 3.16. The molecule has 6 aromatic rings. The van der Waals surface area contributed by atoms with Gasteiger partial charge in [-0.3, -0.25) is 9.67 Å². The van der Waals surface area contributed by atoms with Crippen molar-refractivity contribution in [2.24, 2.45) is 7.05 Å². The van der Waals surface area contributed by atoms with Gasteiger partial charge >= 0.3 is 5.97 Å². The SMILES string of the molecule is Cn1cc(C#Cc2cnc(COc3cccc(-c4cc(F)c(Cc5nc6ccc(C(=O)O)cc6n5CC5CCO5)cc4F)n3)c(F)c2)cn1. The molecule has 0 aliphatic carbocycles. The molecule has 10 nitrogen and oxygen atoms in total. The summed E-state index contributed by atoms with van der Waals surface area (Å²) in [5.41, 5.74) is 2.38. The number of aromatic nitrogens is 6. The average molecular weight is 665 g/mol. The number of aromatic carboxylic acids is 1. The second-order valence-electron chi connectivity index (χ2n) is 11.5. The van der Waals surface area contributed by atoms with Crippen molar-refractivity contribution in [2.75, 3.05) is 6.61 Å². The zero-order valence-corrected chi connectivity index (χ0v) is 26.0. The maximum Gasteiger partial charge on any atom is 0.335 e. The van der Waals surface area contributed by atoms with Crippen molar-refractivity contribution in [1.82, 2.24) is 29.3 Å². The van der Waals surface area contributed by atoms with Gasteiger partial charge in [0.15, 0.2) is 0 Å². The molecule has 1 aliphatic heterocycles. The Hall–Kier alpha value is -6.00. The molecule has 4 aromatic heterocycles. The lowest BCUT2D eigenvalue weighted by atomic mass is 10.0. The molecule has 0 radical (unpaired) electrons. The molecule has 49 heavy (non-hydrogen) atoms. The molecular formula is C36H27F3N6O4. The number of hydrogen-bond donors (Lipinski definition) is 1. The largest absolute Gasteiger partial charge is 0.478 e. The van der Waals surface area contributed by atoms with E-state index in [9.17, 15) is 14.3 Å². The van der Waals surface area contributed by atoms with Crippen LogP contribution in [0.25, 0.3) is 22.3 Å². The topological polar surface area (TPSA) is 117 Å². The average Bonchev–Trinajstić information content (AvgIpc) is 3.64. The minimum atomic E-state index is -1.08. The lowest BCUT2D eigenvalue weighted by Gasteiger charge is -2.27. The summed E-state index contributed by atoms with van der Waals surface area (Å²) < 4.78 is 60.5. The summed E-state index contributed by atoms with van der Waals surface area (Å²) in [4.78, 5) is 24.6. The van der Waals surface area contributed by atoms with Gasteiger partial charge in [-0.1, -0.05) is 17.9 Å². The molecule has 1 fully saturated rings. The van der Waals surface area contributed by atoms with E-state index in [1.54, 1.807) is 40.8 Å². The third kappa shape index (κ3) is 6.86. The van der Waals surface area contributed by atoms with Gasteiger partial charge in [0.05, 0.1) is 46.7 Å². The molecular weight excluding hydrogens is 637 g/mol. The summed E-state index contributed by atoms with van der Waals surface area (Å²) in [6.07, 6.45) is 5.46. The molecule has 1 unspecified atom stereocenters. The van der Waals surface area contributed by atoms with E-state index < -0.39 is 23.4 Å². The van der Waals surface area contributed by atoms with Crippen molar-refractivity contribution in [3.05, 3.63) is 124 Å². The Morgan fingerprint density at radius 2 is 1.86 bits per heavy atom. The fraction of sp³-hybridized carbons (Fsp3) is 0.194. The molecule has 2 aromatic carbocycles. The third-order valence-electron chi connectivity index (χ3n) is 8.07. The molecule has 0 bridgehead atoms. The van der Waals surface area contributed by atoms with Gasteiger partial charge in [0.1, 0.15) is 35.6 Å². The molecule has 0 spiro atoms. The van der Waals surface area contributed by atoms with Crippen molar-refractivity contribution in [3.63, 3.8) is 0 Å². The van der Waals surface area contributed by atoms with Gasteiger partial charge in [-0.05, 0) is 54.4 Å². The minimum absolute atomic E-state index is 0.0229. The van der Waals surface area contributed by atoms with Gasteiger partial charge in [0.2, 0.25) is 5.88 Å². The molecule has 7 rings (SSSR count). The normalized spacial score (nSPS) is 13.9. The maximum absolute atomic E-state index is 15.6.